The van der Waals surface area contributed by atoms with Gasteiger partial charge in [-0.2, -0.15) is 5.26 Å². The standard InChI is InChI=1S/C8H5F2IN2/c1-4-2-6(11)5(3-12)7(13-4)8(9)10/h2,8H,1H3. The van der Waals surface area contributed by atoms with Gasteiger partial charge in [0.1, 0.15) is 11.8 Å². The van der Waals surface area contributed by atoms with E-state index in [9.17, 15) is 8.78 Å². The summed E-state index contributed by atoms with van der Waals surface area (Å²) in [5.41, 5.74) is 0.0480. The molecule has 0 aliphatic rings. The Morgan fingerprint density at radius 3 is 2.69 bits per heavy atom. The van der Waals surface area contributed by atoms with Crippen molar-refractivity contribution >= 4 is 22.6 Å². The highest BCUT2D eigenvalue weighted by Crippen LogP contribution is 2.24. The van der Waals surface area contributed by atoms with E-state index in [1.165, 1.54) is 0 Å². The summed E-state index contributed by atoms with van der Waals surface area (Å²) < 4.78 is 25.2. The first kappa shape index (κ1) is 10.3. The SMILES string of the molecule is Cc1cc(I)c(C#N)c(C(F)F)n1. The number of halogens is 3. The fourth-order valence-corrected chi connectivity index (χ4v) is 1.77. The fourth-order valence-electron chi connectivity index (χ4n) is 0.925. The van der Waals surface area contributed by atoms with E-state index in [1.54, 1.807) is 19.1 Å². The van der Waals surface area contributed by atoms with Crippen molar-refractivity contribution in [3.8, 4) is 6.07 Å². The second-order valence-corrected chi connectivity index (χ2v) is 3.58. The van der Waals surface area contributed by atoms with E-state index in [4.69, 9.17) is 5.26 Å². The predicted octanol–water partition coefficient (Wildman–Crippen LogP) is 2.80. The van der Waals surface area contributed by atoms with Gasteiger partial charge in [-0.1, -0.05) is 0 Å². The molecule has 0 aromatic carbocycles. The molecule has 68 valence electrons. The molecule has 0 bridgehead atoms. The Labute approximate surface area is 87.7 Å². The smallest absolute Gasteiger partial charge is 0.251 e. The van der Waals surface area contributed by atoms with Gasteiger partial charge >= 0.3 is 0 Å². The molecule has 0 spiro atoms. The monoisotopic (exact) mass is 294 g/mol. The van der Waals surface area contributed by atoms with E-state index in [0.29, 0.717) is 9.26 Å². The molecule has 0 amide bonds. The molecule has 1 aromatic heterocycles. The van der Waals surface area contributed by atoms with Crippen LogP contribution in [0.3, 0.4) is 0 Å². The molecule has 0 unspecified atom stereocenters. The van der Waals surface area contributed by atoms with Crippen molar-refractivity contribution in [1.29, 1.82) is 5.26 Å². The number of aryl methyl sites for hydroxylation is 1. The summed E-state index contributed by atoms with van der Waals surface area (Å²) in [4.78, 5) is 3.63. The van der Waals surface area contributed by atoms with E-state index in [1.807, 2.05) is 22.6 Å². The van der Waals surface area contributed by atoms with Crippen molar-refractivity contribution in [3.63, 3.8) is 0 Å². The summed E-state index contributed by atoms with van der Waals surface area (Å²) in [6, 6.07) is 3.32. The number of hydrogen-bond acceptors (Lipinski definition) is 2. The first-order valence-corrected chi connectivity index (χ1v) is 4.49. The first-order chi connectivity index (χ1) is 6.06. The molecule has 0 atom stereocenters. The zero-order valence-corrected chi connectivity index (χ0v) is 8.84. The van der Waals surface area contributed by atoms with Crippen molar-refractivity contribution in [2.75, 3.05) is 0 Å². The van der Waals surface area contributed by atoms with Gasteiger partial charge in [-0.25, -0.2) is 8.78 Å². The lowest BCUT2D eigenvalue weighted by atomic mass is 10.2. The van der Waals surface area contributed by atoms with E-state index in [-0.39, 0.29) is 5.56 Å². The molecule has 0 saturated heterocycles. The highest BCUT2D eigenvalue weighted by atomic mass is 127. The minimum atomic E-state index is -2.69. The Kier molecular flexibility index (Phi) is 3.14. The Morgan fingerprint density at radius 1 is 1.62 bits per heavy atom. The van der Waals surface area contributed by atoms with E-state index in [0.717, 1.165) is 0 Å². The molecule has 0 radical (unpaired) electrons. The van der Waals surface area contributed by atoms with Gasteiger partial charge in [0.05, 0.1) is 5.56 Å². The number of rotatable bonds is 1. The van der Waals surface area contributed by atoms with E-state index in [2.05, 4.69) is 4.98 Å². The normalized spacial score (nSPS) is 10.2. The van der Waals surface area contributed by atoms with Gasteiger partial charge < -0.3 is 0 Å². The maximum Gasteiger partial charge on any atom is 0.281 e. The lowest BCUT2D eigenvalue weighted by Crippen LogP contribution is -2.00. The molecule has 0 fully saturated rings. The topological polar surface area (TPSA) is 36.7 Å². The summed E-state index contributed by atoms with van der Waals surface area (Å²) in [5.74, 6) is 0. The number of nitriles is 1. The number of alkyl halides is 2. The highest BCUT2D eigenvalue weighted by Gasteiger charge is 2.17. The first-order valence-electron chi connectivity index (χ1n) is 3.41. The average molecular weight is 294 g/mol. The van der Waals surface area contributed by atoms with Crippen LogP contribution < -0.4 is 0 Å². The van der Waals surface area contributed by atoms with Crippen LogP contribution in [0, 0.1) is 21.8 Å². The Balaban J connectivity index is 3.41. The Morgan fingerprint density at radius 2 is 2.23 bits per heavy atom. The van der Waals surface area contributed by atoms with Crippen molar-refractivity contribution < 1.29 is 8.78 Å². The van der Waals surface area contributed by atoms with Gasteiger partial charge in [-0.05, 0) is 35.6 Å². The van der Waals surface area contributed by atoms with Crippen molar-refractivity contribution in [1.82, 2.24) is 4.98 Å². The molecule has 0 N–H and O–H groups in total. The third kappa shape index (κ3) is 2.12. The van der Waals surface area contributed by atoms with Crippen LogP contribution in [0.2, 0.25) is 0 Å². The van der Waals surface area contributed by atoms with Crippen LogP contribution >= 0.6 is 22.6 Å². The largest absolute Gasteiger partial charge is 0.281 e. The molecular formula is C8H5F2IN2. The molecule has 2 nitrogen and oxygen atoms in total. The molecule has 1 aromatic rings. The summed E-state index contributed by atoms with van der Waals surface area (Å²) >= 11 is 1.85. The summed E-state index contributed by atoms with van der Waals surface area (Å²) in [5, 5.41) is 8.61. The number of hydrogen-bond donors (Lipinski definition) is 0. The predicted molar refractivity (Wildman–Crippen MR) is 51.4 cm³/mol. The van der Waals surface area contributed by atoms with E-state index >= 15 is 0 Å². The van der Waals surface area contributed by atoms with Gasteiger partial charge in [0, 0.05) is 9.26 Å². The number of pyridine rings is 1. The summed E-state index contributed by atoms with van der Waals surface area (Å²) in [6.07, 6.45) is -2.69. The zero-order chi connectivity index (χ0) is 10.0. The van der Waals surface area contributed by atoms with Crippen molar-refractivity contribution in [2.24, 2.45) is 0 Å². The summed E-state index contributed by atoms with van der Waals surface area (Å²) in [6.45, 7) is 1.62. The Hall–Kier alpha value is -0.770. The van der Waals surface area contributed by atoms with E-state index < -0.39 is 12.1 Å². The Bertz CT molecular complexity index is 371. The molecule has 0 aliphatic heterocycles. The quantitative estimate of drug-likeness (QED) is 0.747. The number of aromatic nitrogens is 1. The van der Waals surface area contributed by atoms with Gasteiger partial charge in [-0.15, -0.1) is 0 Å². The molecular weight excluding hydrogens is 289 g/mol. The minimum Gasteiger partial charge on any atom is -0.251 e. The van der Waals surface area contributed by atoms with Crippen LogP contribution in [-0.2, 0) is 0 Å². The molecule has 13 heavy (non-hydrogen) atoms. The highest BCUT2D eigenvalue weighted by molar-refractivity contribution is 14.1. The molecule has 1 heterocycles. The third-order valence-electron chi connectivity index (χ3n) is 1.45. The van der Waals surface area contributed by atoms with Gasteiger partial charge in [-0.3, -0.25) is 4.98 Å². The second-order valence-electron chi connectivity index (χ2n) is 2.42. The summed E-state index contributed by atoms with van der Waals surface area (Å²) in [7, 11) is 0. The lowest BCUT2D eigenvalue weighted by Gasteiger charge is -2.04. The maximum absolute atomic E-state index is 12.4. The van der Waals surface area contributed by atoms with Crippen LogP contribution in [0.1, 0.15) is 23.4 Å². The van der Waals surface area contributed by atoms with Crippen molar-refractivity contribution in [3.05, 3.63) is 26.6 Å². The van der Waals surface area contributed by atoms with Crippen LogP contribution in [-0.4, -0.2) is 4.98 Å². The zero-order valence-electron chi connectivity index (χ0n) is 6.68. The fraction of sp³-hybridized carbons (Fsp3) is 0.250. The average Bonchev–Trinajstić information content (AvgIpc) is 2.02. The molecule has 0 aliphatic carbocycles. The third-order valence-corrected chi connectivity index (χ3v) is 2.30. The number of nitrogens with zero attached hydrogens (tertiary/aromatic N) is 2. The van der Waals surface area contributed by atoms with Gasteiger partial charge in [0.25, 0.3) is 6.43 Å². The molecule has 1 rings (SSSR count). The van der Waals surface area contributed by atoms with Crippen molar-refractivity contribution in [2.45, 2.75) is 13.3 Å². The van der Waals surface area contributed by atoms with Crippen LogP contribution in [0.5, 0.6) is 0 Å². The van der Waals surface area contributed by atoms with Gasteiger partial charge in [0.2, 0.25) is 0 Å². The lowest BCUT2D eigenvalue weighted by molar-refractivity contribution is 0.145. The van der Waals surface area contributed by atoms with Crippen LogP contribution in [0.15, 0.2) is 6.07 Å². The molecule has 5 heteroatoms. The van der Waals surface area contributed by atoms with Crippen LogP contribution in [0.4, 0.5) is 8.78 Å². The second kappa shape index (κ2) is 3.96. The van der Waals surface area contributed by atoms with Gasteiger partial charge in [0.15, 0.2) is 0 Å². The maximum atomic E-state index is 12.4. The van der Waals surface area contributed by atoms with Crippen LogP contribution in [0.25, 0.3) is 0 Å². The molecule has 0 saturated carbocycles. The minimum absolute atomic E-state index is 0.0267.